The summed E-state index contributed by atoms with van der Waals surface area (Å²) in [6.07, 6.45) is 1.95. The van der Waals surface area contributed by atoms with Crippen molar-refractivity contribution >= 4 is 17.3 Å². The Labute approximate surface area is 148 Å². The summed E-state index contributed by atoms with van der Waals surface area (Å²) < 4.78 is 10.8. The molecule has 132 valence electrons. The molecule has 1 heterocycles. The third-order valence-corrected chi connectivity index (χ3v) is 4.27. The quantitative estimate of drug-likeness (QED) is 0.789. The first kappa shape index (κ1) is 17.3. The highest BCUT2D eigenvalue weighted by Crippen LogP contribution is 2.29. The van der Waals surface area contributed by atoms with Crippen molar-refractivity contribution in [3.63, 3.8) is 0 Å². The van der Waals surface area contributed by atoms with Gasteiger partial charge in [-0.2, -0.15) is 0 Å². The van der Waals surface area contributed by atoms with Gasteiger partial charge >= 0.3 is 0 Å². The minimum absolute atomic E-state index is 0.110. The summed E-state index contributed by atoms with van der Waals surface area (Å²) in [5, 5.41) is 6.35. The fourth-order valence-electron chi connectivity index (χ4n) is 3.00. The standard InChI is InChI=1S/C20H24N2O3/c1-14-8-9-18(19(13-14)25-12-11-24-2)22-20(23)16-5-3-7-17-15(16)6-4-10-21-17/h3,5,7-9,13,21H,4,6,10-12H2,1-2H3,(H,22,23). The number of carbonyl (C=O) groups is 1. The molecule has 0 saturated heterocycles. The van der Waals surface area contributed by atoms with Gasteiger partial charge in [0.1, 0.15) is 12.4 Å². The topological polar surface area (TPSA) is 59.6 Å². The Balaban J connectivity index is 1.81. The minimum atomic E-state index is -0.110. The number of carbonyl (C=O) groups excluding carboxylic acids is 1. The van der Waals surface area contributed by atoms with E-state index in [4.69, 9.17) is 9.47 Å². The number of anilines is 2. The van der Waals surface area contributed by atoms with Gasteiger partial charge in [0.05, 0.1) is 12.3 Å². The molecule has 0 atom stereocenters. The molecule has 3 rings (SSSR count). The number of ether oxygens (including phenoxy) is 2. The summed E-state index contributed by atoms with van der Waals surface area (Å²) in [4.78, 5) is 12.8. The molecule has 0 bridgehead atoms. The molecule has 5 heteroatoms. The number of aryl methyl sites for hydroxylation is 1. The number of methoxy groups -OCH3 is 1. The van der Waals surface area contributed by atoms with E-state index in [-0.39, 0.29) is 5.91 Å². The second-order valence-corrected chi connectivity index (χ2v) is 6.16. The molecule has 0 radical (unpaired) electrons. The lowest BCUT2D eigenvalue weighted by atomic mass is 9.97. The van der Waals surface area contributed by atoms with Gasteiger partial charge in [-0.1, -0.05) is 12.1 Å². The van der Waals surface area contributed by atoms with Crippen molar-refractivity contribution in [2.45, 2.75) is 19.8 Å². The zero-order valence-corrected chi connectivity index (χ0v) is 14.7. The van der Waals surface area contributed by atoms with E-state index >= 15 is 0 Å². The molecule has 2 N–H and O–H groups in total. The van der Waals surface area contributed by atoms with Gasteiger partial charge in [-0.3, -0.25) is 4.79 Å². The van der Waals surface area contributed by atoms with Gasteiger partial charge in [0.2, 0.25) is 0 Å². The van der Waals surface area contributed by atoms with Gasteiger partial charge in [0.25, 0.3) is 5.91 Å². The molecular weight excluding hydrogens is 316 g/mol. The fraction of sp³-hybridized carbons (Fsp3) is 0.350. The SMILES string of the molecule is COCCOc1cc(C)ccc1NC(=O)c1cccc2c1CCCN2. The summed E-state index contributed by atoms with van der Waals surface area (Å²) in [6, 6.07) is 11.6. The molecule has 1 aliphatic heterocycles. The molecule has 0 fully saturated rings. The van der Waals surface area contributed by atoms with Gasteiger partial charge in [-0.15, -0.1) is 0 Å². The van der Waals surface area contributed by atoms with E-state index in [0.29, 0.717) is 30.2 Å². The summed E-state index contributed by atoms with van der Waals surface area (Å²) >= 11 is 0. The van der Waals surface area contributed by atoms with E-state index < -0.39 is 0 Å². The van der Waals surface area contributed by atoms with Crippen molar-refractivity contribution in [3.8, 4) is 5.75 Å². The molecule has 0 saturated carbocycles. The highest BCUT2D eigenvalue weighted by atomic mass is 16.5. The predicted octanol–water partition coefficient (Wildman–Crippen LogP) is 3.63. The Morgan fingerprint density at radius 3 is 2.96 bits per heavy atom. The normalized spacial score (nSPS) is 12.9. The third-order valence-electron chi connectivity index (χ3n) is 4.27. The lowest BCUT2D eigenvalue weighted by molar-refractivity contribution is 0.102. The number of hydrogen-bond acceptors (Lipinski definition) is 4. The molecule has 2 aromatic carbocycles. The Kier molecular flexibility index (Phi) is 5.56. The second kappa shape index (κ2) is 8.03. The van der Waals surface area contributed by atoms with Crippen molar-refractivity contribution < 1.29 is 14.3 Å². The Morgan fingerprint density at radius 1 is 1.24 bits per heavy atom. The monoisotopic (exact) mass is 340 g/mol. The van der Waals surface area contributed by atoms with E-state index in [1.54, 1.807) is 7.11 Å². The maximum absolute atomic E-state index is 12.8. The van der Waals surface area contributed by atoms with Crippen LogP contribution in [-0.4, -0.2) is 32.8 Å². The fourth-order valence-corrected chi connectivity index (χ4v) is 3.00. The van der Waals surface area contributed by atoms with Crippen LogP contribution in [0, 0.1) is 6.92 Å². The summed E-state index contributed by atoms with van der Waals surface area (Å²) in [6.45, 7) is 3.88. The van der Waals surface area contributed by atoms with Gasteiger partial charge in [-0.05, 0) is 55.2 Å². The Morgan fingerprint density at radius 2 is 2.12 bits per heavy atom. The first-order chi connectivity index (χ1) is 12.2. The summed E-state index contributed by atoms with van der Waals surface area (Å²) in [5.74, 6) is 0.550. The van der Waals surface area contributed by atoms with Crippen molar-refractivity contribution in [1.82, 2.24) is 0 Å². The first-order valence-electron chi connectivity index (χ1n) is 8.58. The molecule has 1 aliphatic rings. The van der Waals surface area contributed by atoms with Gasteiger partial charge < -0.3 is 20.1 Å². The average molecular weight is 340 g/mol. The molecule has 25 heavy (non-hydrogen) atoms. The van der Waals surface area contributed by atoms with Crippen LogP contribution in [0.1, 0.15) is 27.9 Å². The molecule has 0 aliphatic carbocycles. The average Bonchev–Trinajstić information content (AvgIpc) is 2.63. The minimum Gasteiger partial charge on any atom is -0.489 e. The van der Waals surface area contributed by atoms with Crippen molar-refractivity contribution in [2.24, 2.45) is 0 Å². The van der Waals surface area contributed by atoms with Crippen LogP contribution in [0.3, 0.4) is 0 Å². The van der Waals surface area contributed by atoms with Crippen LogP contribution in [0.15, 0.2) is 36.4 Å². The highest BCUT2D eigenvalue weighted by Gasteiger charge is 2.18. The zero-order chi connectivity index (χ0) is 17.6. The predicted molar refractivity (Wildman–Crippen MR) is 99.8 cm³/mol. The Bertz CT molecular complexity index is 759. The van der Waals surface area contributed by atoms with Crippen LogP contribution in [-0.2, 0) is 11.2 Å². The van der Waals surface area contributed by atoms with Crippen LogP contribution in [0.2, 0.25) is 0 Å². The van der Waals surface area contributed by atoms with Crippen LogP contribution in [0.25, 0.3) is 0 Å². The zero-order valence-electron chi connectivity index (χ0n) is 14.7. The molecule has 2 aromatic rings. The lowest BCUT2D eigenvalue weighted by Crippen LogP contribution is -2.19. The third kappa shape index (κ3) is 4.12. The van der Waals surface area contributed by atoms with Crippen LogP contribution in [0.5, 0.6) is 5.75 Å². The molecule has 1 amide bonds. The van der Waals surface area contributed by atoms with E-state index in [1.165, 1.54) is 0 Å². The Hall–Kier alpha value is -2.53. The number of benzene rings is 2. The van der Waals surface area contributed by atoms with E-state index in [0.717, 1.165) is 36.2 Å². The van der Waals surface area contributed by atoms with Crippen LogP contribution < -0.4 is 15.4 Å². The van der Waals surface area contributed by atoms with E-state index in [9.17, 15) is 4.79 Å². The number of amides is 1. The maximum Gasteiger partial charge on any atom is 0.256 e. The maximum atomic E-state index is 12.8. The highest BCUT2D eigenvalue weighted by molar-refractivity contribution is 6.07. The van der Waals surface area contributed by atoms with Gasteiger partial charge in [0, 0.05) is 24.9 Å². The van der Waals surface area contributed by atoms with Crippen LogP contribution in [0.4, 0.5) is 11.4 Å². The summed E-state index contributed by atoms with van der Waals surface area (Å²) in [7, 11) is 1.63. The molecule has 0 spiro atoms. The lowest BCUT2D eigenvalue weighted by Gasteiger charge is -2.21. The first-order valence-corrected chi connectivity index (χ1v) is 8.58. The molecular formula is C20H24N2O3. The second-order valence-electron chi connectivity index (χ2n) is 6.16. The van der Waals surface area contributed by atoms with Gasteiger partial charge in [0.15, 0.2) is 0 Å². The number of rotatable bonds is 6. The van der Waals surface area contributed by atoms with Crippen LogP contribution >= 0.6 is 0 Å². The van der Waals surface area contributed by atoms with Crippen molar-refractivity contribution in [3.05, 3.63) is 53.1 Å². The number of nitrogens with one attached hydrogen (secondary N) is 2. The molecule has 0 unspecified atom stereocenters. The summed E-state index contributed by atoms with van der Waals surface area (Å²) in [5.41, 5.74) is 4.60. The van der Waals surface area contributed by atoms with Crippen molar-refractivity contribution in [2.75, 3.05) is 37.5 Å². The smallest absolute Gasteiger partial charge is 0.256 e. The molecule has 5 nitrogen and oxygen atoms in total. The van der Waals surface area contributed by atoms with Crippen molar-refractivity contribution in [1.29, 1.82) is 0 Å². The van der Waals surface area contributed by atoms with E-state index in [2.05, 4.69) is 10.6 Å². The van der Waals surface area contributed by atoms with Gasteiger partial charge in [-0.25, -0.2) is 0 Å². The number of hydrogen-bond donors (Lipinski definition) is 2. The van der Waals surface area contributed by atoms with E-state index in [1.807, 2.05) is 43.3 Å². The molecule has 0 aromatic heterocycles. The number of fused-ring (bicyclic) bond motifs is 1. The largest absolute Gasteiger partial charge is 0.489 e.